The Bertz CT molecular complexity index is 1470. The third-order valence-electron chi connectivity index (χ3n) is 6.29. The van der Waals surface area contributed by atoms with Crippen LogP contribution in [0.5, 0.6) is 11.8 Å². The number of amides is 1. The highest BCUT2D eigenvalue weighted by molar-refractivity contribution is 6.03. The second-order valence-corrected chi connectivity index (χ2v) is 8.59. The molecule has 0 saturated carbocycles. The van der Waals surface area contributed by atoms with Gasteiger partial charge in [0.25, 0.3) is 0 Å². The van der Waals surface area contributed by atoms with E-state index in [4.69, 9.17) is 19.2 Å². The van der Waals surface area contributed by atoms with Crippen molar-refractivity contribution in [3.05, 3.63) is 42.1 Å². The van der Waals surface area contributed by atoms with Gasteiger partial charge in [0.1, 0.15) is 17.7 Å². The number of pyridine rings is 1. The van der Waals surface area contributed by atoms with Crippen molar-refractivity contribution in [1.82, 2.24) is 24.5 Å². The monoisotopic (exact) mass is 487 g/mol. The van der Waals surface area contributed by atoms with Crippen LogP contribution in [0.15, 0.2) is 30.7 Å². The van der Waals surface area contributed by atoms with E-state index in [2.05, 4.69) is 30.9 Å². The second kappa shape index (κ2) is 9.75. The molecule has 1 aliphatic heterocycles. The molecular formula is C25H25N7O4. The fourth-order valence-corrected chi connectivity index (χ4v) is 4.72. The Morgan fingerprint density at radius 2 is 2.00 bits per heavy atom. The maximum atomic E-state index is 13.2. The summed E-state index contributed by atoms with van der Waals surface area (Å²) in [5.41, 5.74) is 3.07. The average Bonchev–Trinajstić information content (AvgIpc) is 3.26. The van der Waals surface area contributed by atoms with Gasteiger partial charge in [-0.3, -0.25) is 9.78 Å². The molecule has 11 heteroatoms. The first kappa shape index (κ1) is 23.4. The minimum Gasteiger partial charge on any atom is -0.479 e. The standard InChI is InChI=1S/C25H25N7O4/c1-14-8-16(6-7-36-14)32-20(10-21(33)31-22-24(34-2)28-13-29-25(22)35-3)30-19-12-27-18-5-4-15(11-26)9-17(18)23(19)32/h4-5,9,12-14,16H,6-8,10H2,1-3H3,(H,31,33). The molecule has 5 rings (SSSR count). The first-order valence-corrected chi connectivity index (χ1v) is 11.6. The number of nitrogens with one attached hydrogen (secondary N) is 1. The molecule has 1 N–H and O–H groups in total. The first-order valence-electron chi connectivity index (χ1n) is 11.6. The van der Waals surface area contributed by atoms with Gasteiger partial charge >= 0.3 is 0 Å². The Morgan fingerprint density at radius 3 is 2.69 bits per heavy atom. The smallest absolute Gasteiger partial charge is 0.244 e. The maximum absolute atomic E-state index is 13.2. The molecule has 184 valence electrons. The van der Waals surface area contributed by atoms with E-state index in [9.17, 15) is 10.1 Å². The van der Waals surface area contributed by atoms with E-state index in [1.807, 2.05) is 19.1 Å². The van der Waals surface area contributed by atoms with E-state index < -0.39 is 0 Å². The van der Waals surface area contributed by atoms with Gasteiger partial charge in [-0.15, -0.1) is 0 Å². The van der Waals surface area contributed by atoms with Gasteiger partial charge in [-0.1, -0.05) is 0 Å². The SMILES string of the molecule is COc1ncnc(OC)c1NC(=O)Cc1nc2cnc3ccc(C#N)cc3c2n1C1CCOC(C)C1. The molecule has 1 aromatic carbocycles. The van der Waals surface area contributed by atoms with Gasteiger partial charge in [0.2, 0.25) is 17.7 Å². The highest BCUT2D eigenvalue weighted by Gasteiger charge is 2.28. The highest BCUT2D eigenvalue weighted by Crippen LogP contribution is 2.35. The molecule has 2 unspecified atom stereocenters. The molecule has 1 fully saturated rings. The molecule has 36 heavy (non-hydrogen) atoms. The Hall–Kier alpha value is -4.30. The average molecular weight is 488 g/mol. The van der Waals surface area contributed by atoms with E-state index in [0.29, 0.717) is 23.5 Å². The van der Waals surface area contributed by atoms with E-state index in [0.717, 1.165) is 29.3 Å². The summed E-state index contributed by atoms with van der Waals surface area (Å²) >= 11 is 0. The summed E-state index contributed by atoms with van der Waals surface area (Å²) in [4.78, 5) is 30.7. The molecule has 1 saturated heterocycles. The van der Waals surface area contributed by atoms with Crippen molar-refractivity contribution >= 4 is 33.5 Å². The molecule has 11 nitrogen and oxygen atoms in total. The molecule has 1 aliphatic rings. The number of anilines is 1. The second-order valence-electron chi connectivity index (χ2n) is 8.59. The number of aromatic nitrogens is 5. The number of rotatable bonds is 6. The summed E-state index contributed by atoms with van der Waals surface area (Å²) in [7, 11) is 2.91. The van der Waals surface area contributed by atoms with Crippen LogP contribution >= 0.6 is 0 Å². The summed E-state index contributed by atoms with van der Waals surface area (Å²) in [6, 6.07) is 7.67. The predicted molar refractivity (Wildman–Crippen MR) is 131 cm³/mol. The highest BCUT2D eigenvalue weighted by atomic mass is 16.5. The molecular weight excluding hydrogens is 462 g/mol. The van der Waals surface area contributed by atoms with Crippen LogP contribution in [-0.4, -0.2) is 57.3 Å². The van der Waals surface area contributed by atoms with Crippen molar-refractivity contribution in [3.8, 4) is 17.8 Å². The van der Waals surface area contributed by atoms with Gasteiger partial charge in [-0.05, 0) is 38.0 Å². The van der Waals surface area contributed by atoms with E-state index in [-0.39, 0.29) is 41.9 Å². The van der Waals surface area contributed by atoms with Gasteiger partial charge in [0.15, 0.2) is 5.69 Å². The molecule has 0 aliphatic carbocycles. The third-order valence-corrected chi connectivity index (χ3v) is 6.29. The molecule has 0 radical (unpaired) electrons. The minimum absolute atomic E-state index is 0.0128. The number of nitriles is 1. The summed E-state index contributed by atoms with van der Waals surface area (Å²) in [5.74, 6) is 0.656. The van der Waals surface area contributed by atoms with E-state index in [1.165, 1.54) is 20.5 Å². The molecule has 4 heterocycles. The van der Waals surface area contributed by atoms with Crippen molar-refractivity contribution in [3.63, 3.8) is 0 Å². The van der Waals surface area contributed by atoms with Crippen LogP contribution in [-0.2, 0) is 16.0 Å². The lowest BCUT2D eigenvalue weighted by Gasteiger charge is -2.30. The Balaban J connectivity index is 1.60. The van der Waals surface area contributed by atoms with Crippen molar-refractivity contribution in [2.75, 3.05) is 26.1 Å². The lowest BCUT2D eigenvalue weighted by atomic mass is 10.0. The summed E-state index contributed by atoms with van der Waals surface area (Å²) < 4.78 is 18.4. The molecule has 2 atom stereocenters. The van der Waals surface area contributed by atoms with Gasteiger partial charge in [0.05, 0.1) is 55.6 Å². The van der Waals surface area contributed by atoms with Gasteiger partial charge in [-0.25, -0.2) is 4.98 Å². The normalized spacial score (nSPS) is 17.6. The minimum atomic E-state index is -0.326. The number of carbonyl (C=O) groups is 1. The van der Waals surface area contributed by atoms with Crippen LogP contribution in [0.3, 0.4) is 0 Å². The summed E-state index contributed by atoms with van der Waals surface area (Å²) in [6.45, 7) is 2.65. The fraction of sp³-hybridized carbons (Fsp3) is 0.360. The maximum Gasteiger partial charge on any atom is 0.244 e. The lowest BCUT2D eigenvalue weighted by Crippen LogP contribution is -2.27. The van der Waals surface area contributed by atoms with Crippen LogP contribution in [0.4, 0.5) is 5.69 Å². The molecule has 1 amide bonds. The lowest BCUT2D eigenvalue weighted by molar-refractivity contribution is -0.115. The third kappa shape index (κ3) is 4.27. The van der Waals surface area contributed by atoms with Crippen molar-refractivity contribution < 1.29 is 19.0 Å². The van der Waals surface area contributed by atoms with Gasteiger partial charge in [0, 0.05) is 18.0 Å². The quantitative estimate of drug-likeness (QED) is 0.435. The summed E-state index contributed by atoms with van der Waals surface area (Å²) in [5, 5.41) is 13.1. The number of carbonyl (C=O) groups excluding carboxylic acids is 1. The number of hydrogen-bond acceptors (Lipinski definition) is 9. The predicted octanol–water partition coefficient (Wildman–Crippen LogP) is 3.18. The zero-order chi connectivity index (χ0) is 25.2. The molecule has 0 bridgehead atoms. The Labute approximate surface area is 207 Å². The zero-order valence-electron chi connectivity index (χ0n) is 20.2. The number of ether oxygens (including phenoxy) is 3. The van der Waals surface area contributed by atoms with Crippen molar-refractivity contribution in [2.45, 2.75) is 38.3 Å². The van der Waals surface area contributed by atoms with E-state index in [1.54, 1.807) is 12.3 Å². The topological polar surface area (TPSA) is 137 Å². The molecule has 0 spiro atoms. The first-order chi connectivity index (χ1) is 17.5. The zero-order valence-corrected chi connectivity index (χ0v) is 20.2. The van der Waals surface area contributed by atoms with Crippen LogP contribution in [0.1, 0.15) is 37.2 Å². The number of imidazole rings is 1. The van der Waals surface area contributed by atoms with Gasteiger partial charge < -0.3 is 24.1 Å². The molecule has 3 aromatic heterocycles. The van der Waals surface area contributed by atoms with Crippen molar-refractivity contribution in [2.24, 2.45) is 0 Å². The molecule has 4 aromatic rings. The number of nitrogens with zero attached hydrogens (tertiary/aromatic N) is 6. The van der Waals surface area contributed by atoms with Crippen LogP contribution in [0.2, 0.25) is 0 Å². The largest absolute Gasteiger partial charge is 0.479 e. The van der Waals surface area contributed by atoms with Crippen molar-refractivity contribution in [1.29, 1.82) is 5.26 Å². The van der Waals surface area contributed by atoms with Gasteiger partial charge in [-0.2, -0.15) is 15.2 Å². The van der Waals surface area contributed by atoms with E-state index >= 15 is 0 Å². The Morgan fingerprint density at radius 1 is 1.22 bits per heavy atom. The number of fused-ring (bicyclic) bond motifs is 3. The number of methoxy groups -OCH3 is 2. The van der Waals surface area contributed by atoms with Crippen LogP contribution in [0.25, 0.3) is 21.9 Å². The summed E-state index contributed by atoms with van der Waals surface area (Å²) in [6.07, 6.45) is 4.62. The number of hydrogen-bond donors (Lipinski definition) is 1. The fourth-order valence-electron chi connectivity index (χ4n) is 4.72. The Kier molecular flexibility index (Phi) is 6.35. The van der Waals surface area contributed by atoms with Crippen LogP contribution < -0.4 is 14.8 Å². The number of benzene rings is 1. The van der Waals surface area contributed by atoms with Crippen LogP contribution in [0, 0.1) is 11.3 Å².